The van der Waals surface area contributed by atoms with Gasteiger partial charge in [-0.1, -0.05) is 18.2 Å². The number of carbonyl (C=O) groups excluding carboxylic acids is 1. The molecule has 5 rings (SSSR count). The van der Waals surface area contributed by atoms with Crippen LogP contribution in [0.5, 0.6) is 0 Å². The summed E-state index contributed by atoms with van der Waals surface area (Å²) in [5.41, 5.74) is 6.32. The van der Waals surface area contributed by atoms with Crippen molar-refractivity contribution >= 4 is 44.9 Å². The summed E-state index contributed by atoms with van der Waals surface area (Å²) in [4.78, 5) is 32.5. The lowest BCUT2D eigenvalue weighted by molar-refractivity contribution is -0.135. The number of carboxylic acid groups (broad SMARTS) is 1. The molecule has 1 amide bonds. The van der Waals surface area contributed by atoms with E-state index in [2.05, 4.69) is 44.2 Å². The number of aromatic nitrogens is 2. The Hall–Kier alpha value is -3.78. The molecule has 4 aromatic rings. The highest BCUT2D eigenvalue weighted by Crippen LogP contribution is 2.38. The lowest BCUT2D eigenvalue weighted by Gasteiger charge is -2.16. The lowest BCUT2D eigenvalue weighted by atomic mass is 9.89. The van der Waals surface area contributed by atoms with Gasteiger partial charge < -0.3 is 15.7 Å². The van der Waals surface area contributed by atoms with Crippen LogP contribution in [0.2, 0.25) is 0 Å². The molecule has 0 fully saturated rings. The topological polar surface area (TPSA) is 104 Å². The fourth-order valence-corrected chi connectivity index (χ4v) is 5.10. The van der Waals surface area contributed by atoms with Gasteiger partial charge in [0.1, 0.15) is 23.5 Å². The van der Waals surface area contributed by atoms with E-state index in [0.717, 1.165) is 34.3 Å². The molecule has 2 aromatic carbocycles. The van der Waals surface area contributed by atoms with Crippen molar-refractivity contribution < 1.29 is 14.7 Å². The molecule has 2 aromatic heterocycles. The Kier molecular flexibility index (Phi) is 5.75. The van der Waals surface area contributed by atoms with E-state index in [4.69, 9.17) is 5.11 Å². The standard InChI is InChI=1S/C25H22N4O3S/c30-21(31)12-26-24(32)16-7-9-19(10-8-16)29-23-22-20(13-33-25(22)28-14-27-23)18-6-5-15-3-1-2-4-17(15)11-18/h5-11,13-14H,1-4,12H2,(H,26,32)(H,30,31)(H,27,28,29). The van der Waals surface area contributed by atoms with Crippen molar-refractivity contribution in [1.82, 2.24) is 15.3 Å². The van der Waals surface area contributed by atoms with Crippen LogP contribution in [0.15, 0.2) is 54.2 Å². The third-order valence-corrected chi connectivity index (χ3v) is 6.73. The van der Waals surface area contributed by atoms with Gasteiger partial charge in [-0.3, -0.25) is 9.59 Å². The first-order valence-electron chi connectivity index (χ1n) is 10.8. The summed E-state index contributed by atoms with van der Waals surface area (Å²) >= 11 is 1.59. The lowest BCUT2D eigenvalue weighted by Crippen LogP contribution is -2.29. The molecule has 8 heteroatoms. The van der Waals surface area contributed by atoms with Crippen LogP contribution in [-0.2, 0) is 17.6 Å². The van der Waals surface area contributed by atoms with Gasteiger partial charge in [0.2, 0.25) is 0 Å². The number of nitrogens with zero attached hydrogens (tertiary/aromatic N) is 2. The van der Waals surface area contributed by atoms with Crippen LogP contribution in [0.4, 0.5) is 11.5 Å². The molecular weight excluding hydrogens is 436 g/mol. The molecule has 0 bridgehead atoms. The van der Waals surface area contributed by atoms with E-state index in [1.54, 1.807) is 41.9 Å². The summed E-state index contributed by atoms with van der Waals surface area (Å²) in [5, 5.41) is 17.5. The van der Waals surface area contributed by atoms with E-state index in [-0.39, 0.29) is 0 Å². The largest absolute Gasteiger partial charge is 0.480 e. The van der Waals surface area contributed by atoms with Crippen molar-refractivity contribution in [1.29, 1.82) is 0 Å². The zero-order valence-electron chi connectivity index (χ0n) is 17.8. The average Bonchev–Trinajstić information content (AvgIpc) is 3.28. The number of hydrogen-bond donors (Lipinski definition) is 3. The maximum Gasteiger partial charge on any atom is 0.322 e. The van der Waals surface area contributed by atoms with Gasteiger partial charge in [-0.05, 0) is 66.6 Å². The molecule has 0 spiro atoms. The van der Waals surface area contributed by atoms with E-state index in [1.807, 2.05) is 0 Å². The van der Waals surface area contributed by atoms with E-state index in [9.17, 15) is 9.59 Å². The molecule has 0 unspecified atom stereocenters. The van der Waals surface area contributed by atoms with Gasteiger partial charge in [0.05, 0.1) is 5.39 Å². The minimum absolute atomic E-state index is 0.389. The van der Waals surface area contributed by atoms with Crippen LogP contribution >= 0.6 is 11.3 Å². The first kappa shape index (κ1) is 21.1. The quantitative estimate of drug-likeness (QED) is 0.384. The number of aryl methyl sites for hydroxylation is 2. The third-order valence-electron chi connectivity index (χ3n) is 5.84. The summed E-state index contributed by atoms with van der Waals surface area (Å²) < 4.78 is 0. The summed E-state index contributed by atoms with van der Waals surface area (Å²) in [6, 6.07) is 13.6. The van der Waals surface area contributed by atoms with Crippen molar-refractivity contribution in [3.8, 4) is 11.1 Å². The van der Waals surface area contributed by atoms with E-state index in [1.165, 1.54) is 29.5 Å². The molecule has 1 aliphatic rings. The number of nitrogens with one attached hydrogen (secondary N) is 2. The molecule has 0 radical (unpaired) electrons. The summed E-state index contributed by atoms with van der Waals surface area (Å²) in [5.74, 6) is -0.808. The second kappa shape index (κ2) is 8.99. The van der Waals surface area contributed by atoms with Crippen LogP contribution in [0.1, 0.15) is 34.3 Å². The first-order chi connectivity index (χ1) is 16.1. The van der Waals surface area contributed by atoms with E-state index < -0.39 is 18.4 Å². The molecule has 0 aliphatic heterocycles. The second-order valence-corrected chi connectivity index (χ2v) is 8.88. The van der Waals surface area contributed by atoms with Crippen LogP contribution in [-0.4, -0.2) is 33.5 Å². The number of carboxylic acids is 1. The third kappa shape index (κ3) is 4.42. The fourth-order valence-electron chi connectivity index (χ4n) is 4.18. The van der Waals surface area contributed by atoms with Gasteiger partial charge in [-0.15, -0.1) is 11.3 Å². The van der Waals surface area contributed by atoms with Gasteiger partial charge in [0, 0.05) is 22.2 Å². The number of thiophene rings is 1. The fraction of sp³-hybridized carbons (Fsp3) is 0.200. The van der Waals surface area contributed by atoms with E-state index >= 15 is 0 Å². The Morgan fingerprint density at radius 3 is 2.58 bits per heavy atom. The van der Waals surface area contributed by atoms with Crippen LogP contribution in [0.3, 0.4) is 0 Å². The summed E-state index contributed by atoms with van der Waals surface area (Å²) in [6.45, 7) is -0.415. The zero-order chi connectivity index (χ0) is 22.8. The Labute approximate surface area is 194 Å². The second-order valence-electron chi connectivity index (χ2n) is 8.02. The number of fused-ring (bicyclic) bond motifs is 2. The van der Waals surface area contributed by atoms with Crippen LogP contribution in [0.25, 0.3) is 21.3 Å². The van der Waals surface area contributed by atoms with Gasteiger partial charge in [0.15, 0.2) is 0 Å². The Balaban J connectivity index is 1.43. The number of anilines is 2. The number of amides is 1. The monoisotopic (exact) mass is 458 g/mol. The molecule has 2 heterocycles. The molecular formula is C25H22N4O3S. The van der Waals surface area contributed by atoms with Crippen LogP contribution in [0, 0.1) is 0 Å². The molecule has 0 atom stereocenters. The maximum absolute atomic E-state index is 12.0. The molecule has 3 N–H and O–H groups in total. The van der Waals surface area contributed by atoms with Crippen molar-refractivity contribution in [2.75, 3.05) is 11.9 Å². The molecule has 33 heavy (non-hydrogen) atoms. The average molecular weight is 459 g/mol. The highest BCUT2D eigenvalue weighted by Gasteiger charge is 2.16. The summed E-state index contributed by atoms with van der Waals surface area (Å²) in [6.07, 6.45) is 6.32. The molecule has 7 nitrogen and oxygen atoms in total. The van der Waals surface area contributed by atoms with Gasteiger partial charge in [-0.2, -0.15) is 0 Å². The molecule has 166 valence electrons. The number of carbonyl (C=O) groups is 2. The molecule has 1 aliphatic carbocycles. The highest BCUT2D eigenvalue weighted by molar-refractivity contribution is 7.17. The van der Waals surface area contributed by atoms with Gasteiger partial charge >= 0.3 is 5.97 Å². The van der Waals surface area contributed by atoms with Gasteiger partial charge in [0.25, 0.3) is 5.91 Å². The maximum atomic E-state index is 12.0. The number of hydrogen-bond acceptors (Lipinski definition) is 6. The predicted molar refractivity (Wildman–Crippen MR) is 129 cm³/mol. The minimum Gasteiger partial charge on any atom is -0.480 e. The van der Waals surface area contributed by atoms with Crippen molar-refractivity contribution in [2.45, 2.75) is 25.7 Å². The first-order valence-corrected chi connectivity index (χ1v) is 11.7. The highest BCUT2D eigenvalue weighted by atomic mass is 32.1. The smallest absolute Gasteiger partial charge is 0.322 e. The van der Waals surface area contributed by atoms with Crippen molar-refractivity contribution in [3.63, 3.8) is 0 Å². The minimum atomic E-state index is -1.08. The number of benzene rings is 2. The number of rotatable bonds is 6. The van der Waals surface area contributed by atoms with Gasteiger partial charge in [-0.25, -0.2) is 9.97 Å². The van der Waals surface area contributed by atoms with Crippen molar-refractivity contribution in [2.24, 2.45) is 0 Å². The SMILES string of the molecule is O=C(O)CNC(=O)c1ccc(Nc2ncnc3scc(-c4ccc5c(c4)CCCC5)c23)cc1. The molecule has 0 saturated carbocycles. The molecule has 0 saturated heterocycles. The summed E-state index contributed by atoms with van der Waals surface area (Å²) in [7, 11) is 0. The Bertz CT molecular complexity index is 1350. The van der Waals surface area contributed by atoms with E-state index in [0.29, 0.717) is 11.4 Å². The number of aliphatic carboxylic acids is 1. The predicted octanol–water partition coefficient (Wildman–Crippen LogP) is 4.80. The normalized spacial score (nSPS) is 12.8. The zero-order valence-corrected chi connectivity index (χ0v) is 18.6. The Morgan fingerprint density at radius 2 is 1.79 bits per heavy atom. The Morgan fingerprint density at radius 1 is 1.00 bits per heavy atom. The van der Waals surface area contributed by atoms with Crippen molar-refractivity contribution in [3.05, 3.63) is 70.9 Å². The van der Waals surface area contributed by atoms with Crippen LogP contribution < -0.4 is 10.6 Å².